The lowest BCUT2D eigenvalue weighted by Crippen LogP contribution is -2.36. The molecule has 0 aliphatic carbocycles. The Balaban J connectivity index is 2.33. The predicted octanol–water partition coefficient (Wildman–Crippen LogP) is 3.08. The van der Waals surface area contributed by atoms with Crippen LogP contribution in [0.4, 0.5) is 10.1 Å². The Morgan fingerprint density at radius 1 is 1.33 bits per heavy atom. The van der Waals surface area contributed by atoms with Gasteiger partial charge in [0.2, 0.25) is 0 Å². The van der Waals surface area contributed by atoms with E-state index in [0.29, 0.717) is 22.7 Å². The second-order valence-electron chi connectivity index (χ2n) is 3.32. The molecule has 0 bridgehead atoms. The normalized spacial score (nSPS) is 16.9. The van der Waals surface area contributed by atoms with E-state index in [1.54, 1.807) is 0 Å². The van der Waals surface area contributed by atoms with Crippen LogP contribution < -0.4 is 4.90 Å². The zero-order valence-electron chi connectivity index (χ0n) is 7.97. The Bertz CT molecular complexity index is 345. The van der Waals surface area contributed by atoms with Crippen LogP contribution in [0.15, 0.2) is 16.6 Å². The van der Waals surface area contributed by atoms with Crippen LogP contribution in [0.2, 0.25) is 5.02 Å². The van der Waals surface area contributed by atoms with Crippen LogP contribution in [0.5, 0.6) is 0 Å². The maximum absolute atomic E-state index is 13.0. The van der Waals surface area contributed by atoms with Crippen molar-refractivity contribution in [1.82, 2.24) is 0 Å². The summed E-state index contributed by atoms with van der Waals surface area (Å²) >= 11 is 9.34. The minimum absolute atomic E-state index is 0.330. The van der Waals surface area contributed by atoms with E-state index in [4.69, 9.17) is 16.3 Å². The van der Waals surface area contributed by atoms with Crippen LogP contribution in [-0.4, -0.2) is 26.3 Å². The van der Waals surface area contributed by atoms with E-state index >= 15 is 0 Å². The summed E-state index contributed by atoms with van der Waals surface area (Å²) in [5.74, 6) is -0.330. The number of hydrogen-bond acceptors (Lipinski definition) is 2. The fraction of sp³-hybridized carbons (Fsp3) is 0.400. The Kier molecular flexibility index (Phi) is 3.49. The molecule has 0 spiro atoms. The molecule has 1 aromatic rings. The van der Waals surface area contributed by atoms with Gasteiger partial charge < -0.3 is 9.64 Å². The van der Waals surface area contributed by atoms with E-state index in [2.05, 4.69) is 20.8 Å². The van der Waals surface area contributed by atoms with Gasteiger partial charge in [-0.05, 0) is 28.1 Å². The standard InChI is InChI=1S/C10H10BrClFNO/c11-8-5-7(13)6-9(12)10(8)14-1-3-15-4-2-14/h5-6H,1-4H2. The quantitative estimate of drug-likeness (QED) is 0.789. The molecule has 0 saturated carbocycles. The highest BCUT2D eigenvalue weighted by molar-refractivity contribution is 9.10. The molecule has 0 N–H and O–H groups in total. The summed E-state index contributed by atoms with van der Waals surface area (Å²) in [6.07, 6.45) is 0. The van der Waals surface area contributed by atoms with Gasteiger partial charge in [0.25, 0.3) is 0 Å². The Morgan fingerprint density at radius 2 is 2.00 bits per heavy atom. The van der Waals surface area contributed by atoms with Gasteiger partial charge in [-0.25, -0.2) is 4.39 Å². The van der Waals surface area contributed by atoms with Gasteiger partial charge in [-0.3, -0.25) is 0 Å². The first-order valence-electron chi connectivity index (χ1n) is 4.66. The summed E-state index contributed by atoms with van der Waals surface area (Å²) in [7, 11) is 0. The van der Waals surface area contributed by atoms with Crippen molar-refractivity contribution in [2.75, 3.05) is 31.2 Å². The molecule has 0 unspecified atom stereocenters. The molecule has 0 radical (unpaired) electrons. The minimum atomic E-state index is -0.330. The number of ether oxygens (including phenoxy) is 1. The zero-order valence-corrected chi connectivity index (χ0v) is 10.3. The number of morpholine rings is 1. The predicted molar refractivity (Wildman–Crippen MR) is 62.1 cm³/mol. The fourth-order valence-corrected chi connectivity index (χ4v) is 2.75. The van der Waals surface area contributed by atoms with Gasteiger partial charge in [0.15, 0.2) is 0 Å². The van der Waals surface area contributed by atoms with E-state index < -0.39 is 0 Å². The van der Waals surface area contributed by atoms with Crippen LogP contribution in [-0.2, 0) is 4.74 Å². The SMILES string of the molecule is Fc1cc(Cl)c(N2CCOCC2)c(Br)c1. The molecule has 0 atom stereocenters. The summed E-state index contributed by atoms with van der Waals surface area (Å²) < 4.78 is 19.0. The molecule has 1 aromatic carbocycles. The lowest BCUT2D eigenvalue weighted by Gasteiger charge is -2.30. The Hall–Kier alpha value is -0.320. The van der Waals surface area contributed by atoms with Crippen molar-refractivity contribution in [3.63, 3.8) is 0 Å². The second-order valence-corrected chi connectivity index (χ2v) is 4.58. The third-order valence-electron chi connectivity index (χ3n) is 2.31. The van der Waals surface area contributed by atoms with Crippen molar-refractivity contribution in [2.45, 2.75) is 0 Å². The summed E-state index contributed by atoms with van der Waals surface area (Å²) in [6, 6.07) is 2.76. The molecule has 1 aliphatic rings. The van der Waals surface area contributed by atoms with Crippen molar-refractivity contribution in [3.05, 3.63) is 27.4 Å². The van der Waals surface area contributed by atoms with Gasteiger partial charge >= 0.3 is 0 Å². The highest BCUT2D eigenvalue weighted by Crippen LogP contribution is 2.35. The van der Waals surface area contributed by atoms with Gasteiger partial charge in [-0.15, -0.1) is 0 Å². The van der Waals surface area contributed by atoms with Crippen LogP contribution in [0.1, 0.15) is 0 Å². The van der Waals surface area contributed by atoms with E-state index in [-0.39, 0.29) is 5.82 Å². The molecule has 2 rings (SSSR count). The number of hydrogen-bond donors (Lipinski definition) is 0. The summed E-state index contributed by atoms with van der Waals surface area (Å²) in [5.41, 5.74) is 0.848. The monoisotopic (exact) mass is 293 g/mol. The third kappa shape index (κ3) is 2.44. The second kappa shape index (κ2) is 4.68. The van der Waals surface area contributed by atoms with Crippen LogP contribution >= 0.6 is 27.5 Å². The number of anilines is 1. The highest BCUT2D eigenvalue weighted by Gasteiger charge is 2.17. The Morgan fingerprint density at radius 3 is 2.60 bits per heavy atom. The van der Waals surface area contributed by atoms with Crippen LogP contribution in [0.3, 0.4) is 0 Å². The fourth-order valence-electron chi connectivity index (χ4n) is 1.62. The van der Waals surface area contributed by atoms with Gasteiger partial charge in [-0.1, -0.05) is 11.6 Å². The Labute approximate surface area is 101 Å². The number of halogens is 3. The topological polar surface area (TPSA) is 12.5 Å². The highest BCUT2D eigenvalue weighted by atomic mass is 79.9. The first kappa shape index (κ1) is 11.2. The molecule has 1 aliphatic heterocycles. The summed E-state index contributed by atoms with van der Waals surface area (Å²) in [5, 5.41) is 0.434. The van der Waals surface area contributed by atoms with Crippen molar-refractivity contribution < 1.29 is 9.13 Å². The summed E-state index contributed by atoms with van der Waals surface area (Å²) in [6.45, 7) is 2.92. The molecule has 0 amide bonds. The van der Waals surface area contributed by atoms with E-state index in [9.17, 15) is 4.39 Å². The molecular weight excluding hydrogens is 284 g/mol. The van der Waals surface area contributed by atoms with Gasteiger partial charge in [-0.2, -0.15) is 0 Å². The van der Waals surface area contributed by atoms with Crippen molar-refractivity contribution in [1.29, 1.82) is 0 Å². The molecular formula is C10H10BrClFNO. The number of nitrogens with zero attached hydrogens (tertiary/aromatic N) is 1. The smallest absolute Gasteiger partial charge is 0.125 e. The first-order chi connectivity index (χ1) is 7.18. The largest absolute Gasteiger partial charge is 0.378 e. The maximum atomic E-state index is 13.0. The number of benzene rings is 1. The average Bonchev–Trinajstić information content (AvgIpc) is 2.17. The molecule has 2 nitrogen and oxygen atoms in total. The van der Waals surface area contributed by atoms with Crippen molar-refractivity contribution in [3.8, 4) is 0 Å². The van der Waals surface area contributed by atoms with Crippen molar-refractivity contribution >= 4 is 33.2 Å². The number of rotatable bonds is 1. The van der Waals surface area contributed by atoms with E-state index in [1.165, 1.54) is 12.1 Å². The average molecular weight is 295 g/mol. The van der Waals surface area contributed by atoms with Gasteiger partial charge in [0.1, 0.15) is 5.82 Å². The van der Waals surface area contributed by atoms with Gasteiger partial charge in [0.05, 0.1) is 23.9 Å². The van der Waals surface area contributed by atoms with E-state index in [1.807, 2.05) is 0 Å². The molecule has 5 heteroatoms. The van der Waals surface area contributed by atoms with Crippen LogP contribution in [0.25, 0.3) is 0 Å². The van der Waals surface area contributed by atoms with Gasteiger partial charge in [0, 0.05) is 17.6 Å². The maximum Gasteiger partial charge on any atom is 0.125 e. The third-order valence-corrected chi connectivity index (χ3v) is 3.20. The molecule has 1 fully saturated rings. The molecule has 0 aromatic heterocycles. The zero-order chi connectivity index (χ0) is 10.8. The lowest BCUT2D eigenvalue weighted by molar-refractivity contribution is 0.122. The van der Waals surface area contributed by atoms with E-state index in [0.717, 1.165) is 18.8 Å². The van der Waals surface area contributed by atoms with Crippen molar-refractivity contribution in [2.24, 2.45) is 0 Å². The molecule has 1 saturated heterocycles. The molecule has 15 heavy (non-hydrogen) atoms. The first-order valence-corrected chi connectivity index (χ1v) is 5.83. The molecule has 82 valence electrons. The molecule has 1 heterocycles. The summed E-state index contributed by atoms with van der Waals surface area (Å²) in [4.78, 5) is 2.09. The van der Waals surface area contributed by atoms with Crippen LogP contribution in [0, 0.1) is 5.82 Å². The minimum Gasteiger partial charge on any atom is -0.378 e. The lowest BCUT2D eigenvalue weighted by atomic mass is 10.2.